The summed E-state index contributed by atoms with van der Waals surface area (Å²) in [7, 11) is 1.67. The van der Waals surface area contributed by atoms with Crippen molar-refractivity contribution in [3.8, 4) is 0 Å². The van der Waals surface area contributed by atoms with Gasteiger partial charge < -0.3 is 9.47 Å². The first kappa shape index (κ1) is 7.32. The normalized spacial score (nSPS) is 40.3. The molecule has 3 atom stereocenters. The maximum Gasteiger partial charge on any atom is 0.146 e. The van der Waals surface area contributed by atoms with Crippen LogP contribution in [0.2, 0.25) is 0 Å². The van der Waals surface area contributed by atoms with Gasteiger partial charge in [-0.05, 0) is 12.8 Å². The Labute approximate surface area is 67.2 Å². The molecular formula is C9H14O2. The molecule has 0 aromatic rings. The predicted octanol–water partition coefficient (Wildman–Crippen LogP) is 1.57. The minimum absolute atomic E-state index is 0.426. The highest BCUT2D eigenvalue weighted by Gasteiger charge is 2.38. The molecule has 0 heterocycles. The summed E-state index contributed by atoms with van der Waals surface area (Å²) in [6, 6.07) is 0. The van der Waals surface area contributed by atoms with Crippen molar-refractivity contribution in [1.29, 1.82) is 0 Å². The van der Waals surface area contributed by atoms with Crippen LogP contribution >= 0.6 is 0 Å². The Morgan fingerprint density at radius 3 is 2.36 bits per heavy atom. The molecule has 1 unspecified atom stereocenters. The molecule has 2 nitrogen and oxygen atoms in total. The van der Waals surface area contributed by atoms with Gasteiger partial charge in [0.1, 0.15) is 6.79 Å². The van der Waals surface area contributed by atoms with Crippen molar-refractivity contribution in [3.05, 3.63) is 12.2 Å². The van der Waals surface area contributed by atoms with Crippen LogP contribution < -0.4 is 0 Å². The molecule has 0 aromatic heterocycles. The maximum absolute atomic E-state index is 5.55. The first-order chi connectivity index (χ1) is 5.42. The molecule has 0 N–H and O–H groups in total. The van der Waals surface area contributed by atoms with Gasteiger partial charge in [-0.3, -0.25) is 0 Å². The summed E-state index contributed by atoms with van der Waals surface area (Å²) in [5, 5.41) is 0. The van der Waals surface area contributed by atoms with Crippen LogP contribution in [-0.4, -0.2) is 20.0 Å². The van der Waals surface area contributed by atoms with Crippen molar-refractivity contribution >= 4 is 0 Å². The SMILES string of the molecule is COCOC1[C@@H]2C=C[C@H]1CC2. The molecule has 1 saturated carbocycles. The molecule has 0 saturated heterocycles. The Morgan fingerprint density at radius 1 is 1.27 bits per heavy atom. The molecule has 2 aliphatic rings. The van der Waals surface area contributed by atoms with Crippen LogP contribution in [-0.2, 0) is 9.47 Å². The summed E-state index contributed by atoms with van der Waals surface area (Å²) in [5.41, 5.74) is 0. The van der Waals surface area contributed by atoms with Crippen LogP contribution in [0.15, 0.2) is 12.2 Å². The highest BCUT2D eigenvalue weighted by Crippen LogP contribution is 2.40. The van der Waals surface area contributed by atoms with Crippen LogP contribution in [0.3, 0.4) is 0 Å². The fourth-order valence-electron chi connectivity index (χ4n) is 2.12. The summed E-state index contributed by atoms with van der Waals surface area (Å²) in [6.07, 6.45) is 7.60. The van der Waals surface area contributed by atoms with Crippen LogP contribution in [0.5, 0.6) is 0 Å². The van der Waals surface area contributed by atoms with Crippen molar-refractivity contribution < 1.29 is 9.47 Å². The fourth-order valence-corrected chi connectivity index (χ4v) is 2.12. The molecule has 0 radical (unpaired) electrons. The van der Waals surface area contributed by atoms with Crippen molar-refractivity contribution in [1.82, 2.24) is 0 Å². The molecule has 2 aliphatic carbocycles. The number of fused-ring (bicyclic) bond motifs is 2. The molecule has 0 aliphatic heterocycles. The van der Waals surface area contributed by atoms with Gasteiger partial charge in [0.05, 0.1) is 6.10 Å². The van der Waals surface area contributed by atoms with E-state index in [0.717, 1.165) is 0 Å². The molecular weight excluding hydrogens is 140 g/mol. The lowest BCUT2D eigenvalue weighted by molar-refractivity contribution is -0.0836. The van der Waals surface area contributed by atoms with E-state index < -0.39 is 0 Å². The molecule has 0 amide bonds. The van der Waals surface area contributed by atoms with Gasteiger partial charge in [-0.15, -0.1) is 0 Å². The lowest BCUT2D eigenvalue weighted by Crippen LogP contribution is -2.19. The van der Waals surface area contributed by atoms with Crippen molar-refractivity contribution in [3.63, 3.8) is 0 Å². The van der Waals surface area contributed by atoms with E-state index in [0.29, 0.717) is 24.7 Å². The zero-order valence-electron chi connectivity index (χ0n) is 6.82. The van der Waals surface area contributed by atoms with E-state index in [-0.39, 0.29) is 0 Å². The van der Waals surface area contributed by atoms with Crippen LogP contribution in [0, 0.1) is 11.8 Å². The van der Waals surface area contributed by atoms with Crippen LogP contribution in [0.4, 0.5) is 0 Å². The van der Waals surface area contributed by atoms with Gasteiger partial charge in [0.25, 0.3) is 0 Å². The Balaban J connectivity index is 1.87. The Morgan fingerprint density at radius 2 is 1.91 bits per heavy atom. The average molecular weight is 154 g/mol. The third-order valence-corrected chi connectivity index (χ3v) is 2.66. The van der Waals surface area contributed by atoms with Crippen molar-refractivity contribution in [2.75, 3.05) is 13.9 Å². The fraction of sp³-hybridized carbons (Fsp3) is 0.778. The molecule has 2 rings (SSSR count). The summed E-state index contributed by atoms with van der Waals surface area (Å²) in [5.74, 6) is 1.35. The lowest BCUT2D eigenvalue weighted by atomic mass is 10.1. The van der Waals surface area contributed by atoms with Gasteiger partial charge in [0, 0.05) is 18.9 Å². The first-order valence-corrected chi connectivity index (χ1v) is 4.20. The van der Waals surface area contributed by atoms with E-state index in [1.807, 2.05) is 0 Å². The second-order valence-corrected chi connectivity index (χ2v) is 3.33. The molecule has 1 fully saturated rings. The first-order valence-electron chi connectivity index (χ1n) is 4.20. The Kier molecular flexibility index (Phi) is 1.96. The molecule has 0 aromatic carbocycles. The summed E-state index contributed by atoms with van der Waals surface area (Å²) >= 11 is 0. The van der Waals surface area contributed by atoms with Crippen LogP contribution in [0.1, 0.15) is 12.8 Å². The highest BCUT2D eigenvalue weighted by molar-refractivity contribution is 5.12. The van der Waals surface area contributed by atoms with Gasteiger partial charge in [-0.25, -0.2) is 0 Å². The number of rotatable bonds is 3. The minimum Gasteiger partial charge on any atom is -0.359 e. The van der Waals surface area contributed by atoms with Crippen molar-refractivity contribution in [2.24, 2.45) is 11.8 Å². The number of hydrogen-bond acceptors (Lipinski definition) is 2. The van der Waals surface area contributed by atoms with E-state index >= 15 is 0 Å². The second-order valence-electron chi connectivity index (χ2n) is 3.33. The molecule has 0 spiro atoms. The number of methoxy groups -OCH3 is 1. The van der Waals surface area contributed by atoms with E-state index in [4.69, 9.17) is 9.47 Å². The molecule has 11 heavy (non-hydrogen) atoms. The maximum atomic E-state index is 5.55. The van der Waals surface area contributed by atoms with Gasteiger partial charge in [0.15, 0.2) is 0 Å². The zero-order valence-corrected chi connectivity index (χ0v) is 6.82. The quantitative estimate of drug-likeness (QED) is 0.454. The average Bonchev–Trinajstić information content (AvgIpc) is 2.59. The lowest BCUT2D eigenvalue weighted by Gasteiger charge is -2.15. The standard InChI is InChI=1S/C9H14O2/c1-10-6-11-9-7-2-3-8(9)5-4-7/h2-3,7-9H,4-6H2,1H3/t7-,8+,9?. The minimum atomic E-state index is 0.426. The van der Waals surface area contributed by atoms with Gasteiger partial charge >= 0.3 is 0 Å². The topological polar surface area (TPSA) is 18.5 Å². The smallest absolute Gasteiger partial charge is 0.146 e. The van der Waals surface area contributed by atoms with Gasteiger partial charge in [0.2, 0.25) is 0 Å². The summed E-state index contributed by atoms with van der Waals surface area (Å²) in [4.78, 5) is 0. The van der Waals surface area contributed by atoms with E-state index in [1.165, 1.54) is 12.8 Å². The number of hydrogen-bond donors (Lipinski definition) is 0. The van der Waals surface area contributed by atoms with Gasteiger partial charge in [-0.2, -0.15) is 0 Å². The van der Waals surface area contributed by atoms with Crippen molar-refractivity contribution in [2.45, 2.75) is 18.9 Å². The highest BCUT2D eigenvalue weighted by atomic mass is 16.7. The monoisotopic (exact) mass is 154 g/mol. The third kappa shape index (κ3) is 1.21. The largest absolute Gasteiger partial charge is 0.359 e. The number of ether oxygens (including phenoxy) is 2. The van der Waals surface area contributed by atoms with E-state index in [9.17, 15) is 0 Å². The summed E-state index contributed by atoms with van der Waals surface area (Å²) in [6.45, 7) is 0.444. The van der Waals surface area contributed by atoms with E-state index in [2.05, 4.69) is 12.2 Å². The molecule has 2 heteroatoms. The van der Waals surface area contributed by atoms with Gasteiger partial charge in [-0.1, -0.05) is 12.2 Å². The van der Waals surface area contributed by atoms with Crippen LogP contribution in [0.25, 0.3) is 0 Å². The molecule has 62 valence electrons. The second kappa shape index (κ2) is 2.95. The summed E-state index contributed by atoms with van der Waals surface area (Å²) < 4.78 is 10.4. The Hall–Kier alpha value is -0.340. The third-order valence-electron chi connectivity index (χ3n) is 2.66. The Bertz CT molecular complexity index is 151. The van der Waals surface area contributed by atoms with E-state index in [1.54, 1.807) is 7.11 Å². The molecule has 2 bridgehead atoms. The predicted molar refractivity (Wildman–Crippen MR) is 42.1 cm³/mol. The zero-order chi connectivity index (χ0) is 7.68.